The lowest BCUT2D eigenvalue weighted by Gasteiger charge is -2.25. The van der Waals surface area contributed by atoms with Crippen molar-refractivity contribution in [2.45, 2.75) is 57.4 Å². The second-order valence-corrected chi connectivity index (χ2v) is 8.62. The van der Waals surface area contributed by atoms with Crippen molar-refractivity contribution in [2.75, 3.05) is 19.6 Å². The Hall–Kier alpha value is -1.15. The number of unbranched alkanes of at least 4 members (excludes halogenated alkanes) is 1. The molecule has 0 saturated carbocycles. The third-order valence-electron chi connectivity index (χ3n) is 4.61. The summed E-state index contributed by atoms with van der Waals surface area (Å²) in [7, 11) is -3.69. The SMILES string of the molecule is Cc1cc(C)c(S(=O)(=O)N2CCCC2C(=O)NCCCCN)c(C)c1.Cl. The lowest BCUT2D eigenvalue weighted by atomic mass is 10.1. The summed E-state index contributed by atoms with van der Waals surface area (Å²) in [6, 6.07) is 3.12. The number of carbonyl (C=O) groups excluding carboxylic acids is 1. The summed E-state index contributed by atoms with van der Waals surface area (Å²) in [5, 5.41) is 2.85. The molecule has 0 aliphatic carbocycles. The van der Waals surface area contributed by atoms with E-state index in [1.165, 1.54) is 4.31 Å². The van der Waals surface area contributed by atoms with Crippen molar-refractivity contribution in [3.63, 3.8) is 0 Å². The second kappa shape index (κ2) is 9.69. The number of sulfonamides is 1. The minimum absolute atomic E-state index is 0. The van der Waals surface area contributed by atoms with Gasteiger partial charge in [0.2, 0.25) is 15.9 Å². The number of hydrogen-bond acceptors (Lipinski definition) is 4. The number of hydrogen-bond donors (Lipinski definition) is 2. The number of rotatable bonds is 7. The molecule has 1 heterocycles. The van der Waals surface area contributed by atoms with Gasteiger partial charge in [0.1, 0.15) is 6.04 Å². The van der Waals surface area contributed by atoms with Gasteiger partial charge in [-0.1, -0.05) is 17.7 Å². The predicted molar refractivity (Wildman–Crippen MR) is 106 cm³/mol. The maximum Gasteiger partial charge on any atom is 0.244 e. The van der Waals surface area contributed by atoms with Gasteiger partial charge in [-0.25, -0.2) is 8.42 Å². The van der Waals surface area contributed by atoms with Crippen LogP contribution in [0.15, 0.2) is 17.0 Å². The molecule has 0 radical (unpaired) electrons. The first kappa shape index (κ1) is 22.9. The minimum Gasteiger partial charge on any atom is -0.355 e. The van der Waals surface area contributed by atoms with Gasteiger partial charge in [0.25, 0.3) is 0 Å². The fraction of sp³-hybridized carbons (Fsp3) is 0.611. The van der Waals surface area contributed by atoms with E-state index in [4.69, 9.17) is 5.73 Å². The molecule has 26 heavy (non-hydrogen) atoms. The minimum atomic E-state index is -3.69. The zero-order valence-corrected chi connectivity index (χ0v) is 17.4. The normalized spacial score (nSPS) is 17.8. The van der Waals surface area contributed by atoms with E-state index in [0.717, 1.165) is 29.5 Å². The average molecular weight is 404 g/mol. The summed E-state index contributed by atoms with van der Waals surface area (Å²) in [6.07, 6.45) is 2.91. The highest BCUT2D eigenvalue weighted by atomic mass is 35.5. The van der Waals surface area contributed by atoms with E-state index in [1.54, 1.807) is 0 Å². The van der Waals surface area contributed by atoms with Crippen molar-refractivity contribution in [2.24, 2.45) is 5.73 Å². The van der Waals surface area contributed by atoms with Crippen LogP contribution in [-0.2, 0) is 14.8 Å². The van der Waals surface area contributed by atoms with Gasteiger partial charge in [0, 0.05) is 13.1 Å². The predicted octanol–water partition coefficient (Wildman–Crippen LogP) is 2.04. The molecule has 2 rings (SSSR count). The van der Waals surface area contributed by atoms with Crippen LogP contribution in [0.5, 0.6) is 0 Å². The van der Waals surface area contributed by atoms with E-state index >= 15 is 0 Å². The molecule has 1 aliphatic rings. The summed E-state index contributed by atoms with van der Waals surface area (Å²) in [4.78, 5) is 12.8. The Morgan fingerprint density at radius 1 is 1.23 bits per heavy atom. The molecule has 1 aromatic carbocycles. The van der Waals surface area contributed by atoms with Crippen molar-refractivity contribution in [3.8, 4) is 0 Å². The van der Waals surface area contributed by atoms with Crippen LogP contribution in [0.25, 0.3) is 0 Å². The molecular weight excluding hydrogens is 374 g/mol. The molecule has 0 aromatic heterocycles. The smallest absolute Gasteiger partial charge is 0.244 e. The van der Waals surface area contributed by atoms with Crippen LogP contribution in [0.3, 0.4) is 0 Å². The van der Waals surface area contributed by atoms with E-state index in [0.29, 0.717) is 37.4 Å². The van der Waals surface area contributed by atoms with E-state index in [1.807, 2.05) is 32.9 Å². The molecule has 1 saturated heterocycles. The van der Waals surface area contributed by atoms with Gasteiger partial charge >= 0.3 is 0 Å². The standard InChI is InChI=1S/C18H29N3O3S.ClH/c1-13-11-14(2)17(15(3)12-13)25(23,24)21-10-6-7-16(21)18(22)20-9-5-4-8-19;/h11-12,16H,4-10,19H2,1-3H3,(H,20,22);1H. The number of carbonyl (C=O) groups is 1. The number of nitrogens with zero attached hydrogens (tertiary/aromatic N) is 1. The lowest BCUT2D eigenvalue weighted by molar-refractivity contribution is -0.124. The molecule has 1 fully saturated rings. The summed E-state index contributed by atoms with van der Waals surface area (Å²) >= 11 is 0. The summed E-state index contributed by atoms with van der Waals surface area (Å²) in [5.41, 5.74) is 7.94. The van der Waals surface area contributed by atoms with E-state index in [-0.39, 0.29) is 18.3 Å². The van der Waals surface area contributed by atoms with Crippen molar-refractivity contribution in [3.05, 3.63) is 28.8 Å². The fourth-order valence-corrected chi connectivity index (χ4v) is 5.65. The number of benzene rings is 1. The molecule has 3 N–H and O–H groups in total. The summed E-state index contributed by atoms with van der Waals surface area (Å²) < 4.78 is 27.8. The Bertz CT molecular complexity index is 714. The third-order valence-corrected chi connectivity index (χ3v) is 6.82. The number of halogens is 1. The average Bonchev–Trinajstić information content (AvgIpc) is 3.00. The Morgan fingerprint density at radius 2 is 1.85 bits per heavy atom. The van der Waals surface area contributed by atoms with Gasteiger partial charge < -0.3 is 11.1 Å². The number of amides is 1. The quantitative estimate of drug-likeness (QED) is 0.681. The summed E-state index contributed by atoms with van der Waals surface area (Å²) in [6.45, 7) is 7.07. The van der Waals surface area contributed by atoms with Crippen LogP contribution < -0.4 is 11.1 Å². The monoisotopic (exact) mass is 403 g/mol. The molecule has 1 aromatic rings. The van der Waals surface area contributed by atoms with E-state index in [2.05, 4.69) is 5.32 Å². The first-order chi connectivity index (χ1) is 11.8. The van der Waals surface area contributed by atoms with E-state index in [9.17, 15) is 13.2 Å². The Balaban J connectivity index is 0.00000338. The van der Waals surface area contributed by atoms with Crippen LogP contribution in [0, 0.1) is 20.8 Å². The molecule has 1 unspecified atom stereocenters. The molecule has 0 bridgehead atoms. The van der Waals surface area contributed by atoms with E-state index < -0.39 is 16.1 Å². The van der Waals surface area contributed by atoms with Crippen LogP contribution in [0.4, 0.5) is 0 Å². The van der Waals surface area contributed by atoms with Gasteiger partial charge in [-0.15, -0.1) is 12.4 Å². The van der Waals surface area contributed by atoms with Crippen molar-refractivity contribution < 1.29 is 13.2 Å². The van der Waals surface area contributed by atoms with Gasteiger partial charge in [0.15, 0.2) is 0 Å². The lowest BCUT2D eigenvalue weighted by Crippen LogP contribution is -2.46. The van der Waals surface area contributed by atoms with Crippen LogP contribution >= 0.6 is 12.4 Å². The first-order valence-electron chi connectivity index (χ1n) is 8.86. The van der Waals surface area contributed by atoms with Crippen molar-refractivity contribution in [1.29, 1.82) is 0 Å². The summed E-state index contributed by atoms with van der Waals surface area (Å²) in [5.74, 6) is -0.208. The van der Waals surface area contributed by atoms with Gasteiger partial charge in [-0.2, -0.15) is 4.31 Å². The Labute approximate surface area is 163 Å². The number of aryl methyl sites for hydroxylation is 3. The maximum absolute atomic E-state index is 13.2. The Kier molecular flexibility index (Phi) is 8.53. The molecule has 148 valence electrons. The number of nitrogens with one attached hydrogen (secondary N) is 1. The largest absolute Gasteiger partial charge is 0.355 e. The molecule has 8 heteroatoms. The van der Waals surface area contributed by atoms with Crippen molar-refractivity contribution in [1.82, 2.24) is 9.62 Å². The molecule has 6 nitrogen and oxygen atoms in total. The van der Waals surface area contributed by atoms with Crippen LogP contribution in [0.1, 0.15) is 42.4 Å². The fourth-order valence-electron chi connectivity index (χ4n) is 3.58. The first-order valence-corrected chi connectivity index (χ1v) is 10.3. The van der Waals surface area contributed by atoms with Gasteiger partial charge in [-0.3, -0.25) is 4.79 Å². The topological polar surface area (TPSA) is 92.5 Å². The van der Waals surface area contributed by atoms with Crippen LogP contribution in [0.2, 0.25) is 0 Å². The van der Waals surface area contributed by atoms with Gasteiger partial charge in [0.05, 0.1) is 4.90 Å². The second-order valence-electron chi connectivity index (χ2n) is 6.79. The highest BCUT2D eigenvalue weighted by molar-refractivity contribution is 7.89. The molecular formula is C18H30ClN3O3S. The zero-order valence-electron chi connectivity index (χ0n) is 15.7. The Morgan fingerprint density at radius 3 is 2.42 bits per heavy atom. The van der Waals surface area contributed by atoms with Crippen LogP contribution in [-0.4, -0.2) is 44.3 Å². The maximum atomic E-state index is 13.2. The number of nitrogens with two attached hydrogens (primary N) is 1. The molecule has 1 amide bonds. The highest BCUT2D eigenvalue weighted by Crippen LogP contribution is 2.30. The molecule has 1 aliphatic heterocycles. The third kappa shape index (κ3) is 4.97. The molecule has 0 spiro atoms. The van der Waals surface area contributed by atoms with Gasteiger partial charge in [-0.05, 0) is 64.1 Å². The molecule has 1 atom stereocenters. The zero-order chi connectivity index (χ0) is 18.6. The highest BCUT2D eigenvalue weighted by Gasteiger charge is 2.40. The van der Waals surface area contributed by atoms with Crippen molar-refractivity contribution >= 4 is 28.3 Å².